The maximum atomic E-state index is 14.2. The normalized spacial score (nSPS) is 16.0. The molecule has 0 spiro atoms. The Kier molecular flexibility index (Phi) is 7.06. The number of carbonyl (C=O) groups is 1. The van der Waals surface area contributed by atoms with Crippen molar-refractivity contribution in [3.8, 4) is 0 Å². The average molecular weight is 470 g/mol. The first-order valence-corrected chi connectivity index (χ1v) is 10.5. The monoisotopic (exact) mass is 469 g/mol. The summed E-state index contributed by atoms with van der Waals surface area (Å²) in [4.78, 5) is 19.8. The minimum atomic E-state index is -0.714. The van der Waals surface area contributed by atoms with Gasteiger partial charge < -0.3 is 15.1 Å². The molecule has 1 N–H and O–H groups in total. The highest BCUT2D eigenvalue weighted by molar-refractivity contribution is 6.42. The Labute approximate surface area is 190 Å². The first kappa shape index (κ1) is 23.3. The lowest BCUT2D eigenvalue weighted by Gasteiger charge is -2.29. The van der Waals surface area contributed by atoms with Crippen molar-refractivity contribution in [2.24, 2.45) is 5.16 Å². The quantitative estimate of drug-likeness (QED) is 0.603. The van der Waals surface area contributed by atoms with Crippen molar-refractivity contribution in [3.05, 3.63) is 69.2 Å². The molecule has 31 heavy (non-hydrogen) atoms. The number of hydrogen-bond acceptors (Lipinski definition) is 3. The minimum Gasteiger partial charge on any atom is -0.390 e. The van der Waals surface area contributed by atoms with E-state index in [2.05, 4.69) is 10.5 Å². The maximum absolute atomic E-state index is 14.2. The van der Waals surface area contributed by atoms with Gasteiger partial charge in [-0.3, -0.25) is 0 Å². The molecule has 0 radical (unpaired) electrons. The molecule has 1 aliphatic rings. The number of carbonyl (C=O) groups excluding carboxylic acids is 1. The lowest BCUT2D eigenvalue weighted by molar-refractivity contribution is 0.0578. The van der Waals surface area contributed by atoms with Crippen molar-refractivity contribution in [2.45, 2.75) is 45.4 Å². The summed E-state index contributed by atoms with van der Waals surface area (Å²) in [7, 11) is 0. The van der Waals surface area contributed by atoms with Gasteiger partial charge in [0, 0.05) is 29.2 Å². The molecule has 1 heterocycles. The third-order valence-electron chi connectivity index (χ3n) is 4.56. The molecule has 2 amide bonds. The summed E-state index contributed by atoms with van der Waals surface area (Å²) < 4.78 is 27.5. The molecular weight excluding hydrogens is 447 g/mol. The van der Waals surface area contributed by atoms with E-state index in [1.807, 2.05) is 20.8 Å². The first-order chi connectivity index (χ1) is 14.5. The van der Waals surface area contributed by atoms with Crippen molar-refractivity contribution in [3.63, 3.8) is 0 Å². The second kappa shape index (κ2) is 9.40. The second-order valence-corrected chi connectivity index (χ2v) is 9.21. The zero-order valence-corrected chi connectivity index (χ0v) is 18.9. The summed E-state index contributed by atoms with van der Waals surface area (Å²) in [6, 6.07) is 8.07. The van der Waals surface area contributed by atoms with Crippen LogP contribution in [0.15, 0.2) is 41.6 Å². The van der Waals surface area contributed by atoms with Gasteiger partial charge in [0.2, 0.25) is 0 Å². The molecule has 166 valence electrons. The van der Waals surface area contributed by atoms with Crippen molar-refractivity contribution in [1.82, 2.24) is 10.2 Å². The van der Waals surface area contributed by atoms with E-state index in [0.29, 0.717) is 22.2 Å². The van der Waals surface area contributed by atoms with E-state index in [0.717, 1.165) is 17.7 Å². The molecule has 0 saturated carbocycles. The SMILES string of the molecule is CC(C)(C)NC(=O)N(Cc1ccc(F)cc1F)CC1CC(c2ccc(Cl)c(Cl)c2)=NO1. The zero-order valence-electron chi connectivity index (χ0n) is 17.4. The molecule has 1 atom stereocenters. The van der Waals surface area contributed by atoms with E-state index in [1.54, 1.807) is 18.2 Å². The fraction of sp³-hybridized carbons (Fsp3) is 0.364. The van der Waals surface area contributed by atoms with E-state index < -0.39 is 23.3 Å². The van der Waals surface area contributed by atoms with Crippen LogP contribution < -0.4 is 5.32 Å². The molecule has 0 fully saturated rings. The van der Waals surface area contributed by atoms with Gasteiger partial charge in [-0.25, -0.2) is 13.6 Å². The van der Waals surface area contributed by atoms with Crippen molar-refractivity contribution in [2.75, 3.05) is 6.54 Å². The highest BCUT2D eigenvalue weighted by atomic mass is 35.5. The van der Waals surface area contributed by atoms with E-state index in [9.17, 15) is 13.6 Å². The van der Waals surface area contributed by atoms with E-state index in [-0.39, 0.29) is 24.7 Å². The summed E-state index contributed by atoms with van der Waals surface area (Å²) in [5.41, 5.74) is 1.16. The van der Waals surface area contributed by atoms with Crippen LogP contribution in [0.3, 0.4) is 0 Å². The van der Waals surface area contributed by atoms with Gasteiger partial charge in [-0.15, -0.1) is 0 Å². The third kappa shape index (κ3) is 6.31. The lowest BCUT2D eigenvalue weighted by atomic mass is 10.0. The van der Waals surface area contributed by atoms with Crippen LogP contribution >= 0.6 is 23.2 Å². The summed E-state index contributed by atoms with van der Waals surface area (Å²) in [6.45, 7) is 5.65. The summed E-state index contributed by atoms with van der Waals surface area (Å²) in [6.07, 6.45) is 0.00191. The summed E-state index contributed by atoms with van der Waals surface area (Å²) >= 11 is 12.0. The molecule has 0 saturated heterocycles. The van der Waals surface area contributed by atoms with Crippen LogP contribution in [-0.2, 0) is 11.4 Å². The van der Waals surface area contributed by atoms with Crippen LogP contribution in [0.5, 0.6) is 0 Å². The van der Waals surface area contributed by atoms with Gasteiger partial charge in [0.25, 0.3) is 0 Å². The Hall–Kier alpha value is -2.38. The highest BCUT2D eigenvalue weighted by Crippen LogP contribution is 2.26. The highest BCUT2D eigenvalue weighted by Gasteiger charge is 2.29. The number of rotatable bonds is 5. The molecule has 1 aliphatic heterocycles. The third-order valence-corrected chi connectivity index (χ3v) is 5.29. The van der Waals surface area contributed by atoms with Gasteiger partial charge in [0.15, 0.2) is 6.10 Å². The Balaban J connectivity index is 1.74. The van der Waals surface area contributed by atoms with E-state index in [1.165, 1.54) is 11.0 Å². The Bertz CT molecular complexity index is 1010. The fourth-order valence-electron chi connectivity index (χ4n) is 3.09. The van der Waals surface area contributed by atoms with Gasteiger partial charge in [0.1, 0.15) is 11.6 Å². The van der Waals surface area contributed by atoms with Gasteiger partial charge in [0.05, 0.1) is 28.8 Å². The number of benzene rings is 2. The van der Waals surface area contributed by atoms with Crippen LogP contribution in [0.25, 0.3) is 0 Å². The number of nitrogens with zero attached hydrogens (tertiary/aromatic N) is 2. The van der Waals surface area contributed by atoms with Gasteiger partial charge in [-0.2, -0.15) is 0 Å². The largest absolute Gasteiger partial charge is 0.390 e. The molecule has 0 aliphatic carbocycles. The summed E-state index contributed by atoms with van der Waals surface area (Å²) in [5.74, 6) is -1.39. The number of urea groups is 1. The average Bonchev–Trinajstić information content (AvgIpc) is 3.12. The van der Waals surface area contributed by atoms with Crippen LogP contribution in [0, 0.1) is 11.6 Å². The molecule has 1 unspecified atom stereocenters. The van der Waals surface area contributed by atoms with Crippen molar-refractivity contribution < 1.29 is 18.4 Å². The second-order valence-electron chi connectivity index (χ2n) is 8.39. The maximum Gasteiger partial charge on any atom is 0.318 e. The van der Waals surface area contributed by atoms with Crippen molar-refractivity contribution in [1.29, 1.82) is 0 Å². The minimum absolute atomic E-state index is 0.0456. The molecule has 0 aromatic heterocycles. The molecule has 0 bridgehead atoms. The molecule has 2 aromatic rings. The predicted molar refractivity (Wildman–Crippen MR) is 118 cm³/mol. The Morgan fingerprint density at radius 1 is 1.19 bits per heavy atom. The number of oxime groups is 1. The summed E-state index contributed by atoms with van der Waals surface area (Å²) in [5, 5.41) is 7.82. The van der Waals surface area contributed by atoms with E-state index in [4.69, 9.17) is 28.0 Å². The molecule has 2 aromatic carbocycles. The standard InChI is InChI=1S/C22H23Cl2F2N3O2/c1-22(2,3)27-21(30)29(11-14-4-6-15(25)9-19(14)26)12-16-10-20(28-31-16)13-5-7-17(23)18(24)8-13/h4-9,16H,10-12H2,1-3H3,(H,27,30). The molecule has 5 nitrogen and oxygen atoms in total. The van der Waals surface area contributed by atoms with E-state index >= 15 is 0 Å². The first-order valence-electron chi connectivity index (χ1n) is 9.71. The number of hydrogen-bond donors (Lipinski definition) is 1. The fourth-order valence-corrected chi connectivity index (χ4v) is 3.39. The van der Waals surface area contributed by atoms with Crippen LogP contribution in [0.2, 0.25) is 10.0 Å². The molecule has 9 heteroatoms. The van der Waals surface area contributed by atoms with Gasteiger partial charge >= 0.3 is 6.03 Å². The van der Waals surface area contributed by atoms with Crippen LogP contribution in [0.4, 0.5) is 13.6 Å². The lowest BCUT2D eigenvalue weighted by Crippen LogP contribution is -2.50. The Morgan fingerprint density at radius 2 is 1.94 bits per heavy atom. The number of halogens is 4. The zero-order chi connectivity index (χ0) is 22.8. The smallest absolute Gasteiger partial charge is 0.318 e. The van der Waals surface area contributed by atoms with Gasteiger partial charge in [-0.05, 0) is 39.0 Å². The molecular formula is C22H23Cl2F2N3O2. The number of nitrogens with one attached hydrogen (secondary N) is 1. The molecule has 3 rings (SSSR count). The van der Waals surface area contributed by atoms with Crippen LogP contribution in [0.1, 0.15) is 38.3 Å². The van der Waals surface area contributed by atoms with Crippen molar-refractivity contribution >= 4 is 34.9 Å². The topological polar surface area (TPSA) is 53.9 Å². The Morgan fingerprint density at radius 3 is 2.58 bits per heavy atom. The predicted octanol–water partition coefficient (Wildman–Crippen LogP) is 5.77. The van der Waals surface area contributed by atoms with Crippen LogP contribution in [-0.4, -0.2) is 34.8 Å². The number of amides is 2. The van der Waals surface area contributed by atoms with Gasteiger partial charge in [-0.1, -0.05) is 40.5 Å².